The molecular weight excluding hydrogens is 464 g/mol. The number of aromatic carboxylic acids is 2. The minimum absolute atomic E-state index is 0.0111. The number of imidazole rings is 1. The van der Waals surface area contributed by atoms with E-state index in [1.807, 2.05) is 18.7 Å². The van der Waals surface area contributed by atoms with Crippen LogP contribution in [0.2, 0.25) is 0 Å². The van der Waals surface area contributed by atoms with Crippen molar-refractivity contribution in [3.8, 4) is 0 Å². The molecule has 184 valence electrons. The molecule has 4 aromatic carbocycles. The summed E-state index contributed by atoms with van der Waals surface area (Å²) in [5.41, 5.74) is 3.75. The molecule has 0 aliphatic rings. The Morgan fingerprint density at radius 3 is 1.57 bits per heavy atom. The molecule has 0 saturated heterocycles. The molecule has 6 heteroatoms. The Bertz CT molecular complexity index is 1370. The number of nitrogens with zero attached hydrogens (tertiary/aromatic N) is 2. The average molecular weight is 491 g/mol. The van der Waals surface area contributed by atoms with Crippen molar-refractivity contribution in [3.05, 3.63) is 161 Å². The Kier molecular flexibility index (Phi) is 7.59. The lowest BCUT2D eigenvalue weighted by Crippen LogP contribution is -2.36. The standard InChI is InChI=1S/C22H18N2.C9H8O4/c1-4-10-19(11-5-1)22(24-17-16-23-18-24,20-12-6-2-7-13-20)21-14-8-3-9-15-21;1-5-2-3-6(8(10)11)4-7(5)9(12)13/h1-18H;2-4H,1H3,(H,10,11)(H,12,13). The largest absolute Gasteiger partial charge is 0.478 e. The van der Waals surface area contributed by atoms with Crippen LogP contribution in [0, 0.1) is 6.92 Å². The molecule has 0 amide bonds. The Morgan fingerprint density at radius 1 is 0.703 bits per heavy atom. The number of aryl methyl sites for hydroxylation is 1. The van der Waals surface area contributed by atoms with Crippen LogP contribution in [0.5, 0.6) is 0 Å². The molecule has 37 heavy (non-hydrogen) atoms. The van der Waals surface area contributed by atoms with Gasteiger partial charge in [-0.05, 0) is 41.3 Å². The van der Waals surface area contributed by atoms with Gasteiger partial charge in [0, 0.05) is 12.4 Å². The van der Waals surface area contributed by atoms with Crippen molar-refractivity contribution in [2.24, 2.45) is 0 Å². The van der Waals surface area contributed by atoms with Crippen molar-refractivity contribution >= 4 is 11.9 Å². The summed E-state index contributed by atoms with van der Waals surface area (Å²) >= 11 is 0. The first-order valence-electron chi connectivity index (χ1n) is 11.7. The molecule has 0 radical (unpaired) electrons. The van der Waals surface area contributed by atoms with Crippen LogP contribution in [0.15, 0.2) is 128 Å². The van der Waals surface area contributed by atoms with Crippen LogP contribution >= 0.6 is 0 Å². The monoisotopic (exact) mass is 490 g/mol. The molecule has 2 N–H and O–H groups in total. The first-order chi connectivity index (χ1) is 17.9. The van der Waals surface area contributed by atoms with Crippen molar-refractivity contribution in [3.63, 3.8) is 0 Å². The van der Waals surface area contributed by atoms with E-state index in [2.05, 4.69) is 101 Å². The molecule has 0 atom stereocenters. The predicted octanol–water partition coefficient (Wildman–Crippen LogP) is 6.11. The fourth-order valence-electron chi connectivity index (χ4n) is 4.43. The zero-order chi connectivity index (χ0) is 26.3. The summed E-state index contributed by atoms with van der Waals surface area (Å²) < 4.78 is 2.19. The van der Waals surface area contributed by atoms with Gasteiger partial charge in [-0.3, -0.25) is 0 Å². The zero-order valence-electron chi connectivity index (χ0n) is 20.2. The van der Waals surface area contributed by atoms with Crippen molar-refractivity contribution in [2.75, 3.05) is 0 Å². The lowest BCUT2D eigenvalue weighted by Gasteiger charge is -2.37. The minimum Gasteiger partial charge on any atom is -0.478 e. The second-order valence-electron chi connectivity index (χ2n) is 8.42. The molecule has 1 heterocycles. The molecule has 0 unspecified atom stereocenters. The smallest absolute Gasteiger partial charge is 0.335 e. The van der Waals surface area contributed by atoms with Crippen molar-refractivity contribution in [2.45, 2.75) is 12.5 Å². The summed E-state index contributed by atoms with van der Waals surface area (Å²) in [6, 6.07) is 35.8. The van der Waals surface area contributed by atoms with Gasteiger partial charge in [-0.25, -0.2) is 14.6 Å². The Balaban J connectivity index is 0.000000209. The van der Waals surface area contributed by atoms with Crippen LogP contribution in [-0.4, -0.2) is 31.7 Å². The molecule has 0 spiro atoms. The number of benzene rings is 4. The van der Waals surface area contributed by atoms with Crippen molar-refractivity contribution in [1.29, 1.82) is 0 Å². The maximum atomic E-state index is 10.6. The Hall–Kier alpha value is -4.97. The van der Waals surface area contributed by atoms with Crippen LogP contribution in [0.4, 0.5) is 0 Å². The summed E-state index contributed by atoms with van der Waals surface area (Å²) in [7, 11) is 0. The van der Waals surface area contributed by atoms with Crippen LogP contribution in [0.1, 0.15) is 43.0 Å². The highest BCUT2D eigenvalue weighted by Gasteiger charge is 2.37. The second kappa shape index (κ2) is 11.2. The molecule has 0 saturated carbocycles. The highest BCUT2D eigenvalue weighted by Crippen LogP contribution is 2.40. The van der Waals surface area contributed by atoms with Crippen LogP contribution in [0.3, 0.4) is 0 Å². The maximum Gasteiger partial charge on any atom is 0.335 e. The van der Waals surface area contributed by atoms with E-state index in [1.54, 1.807) is 6.92 Å². The van der Waals surface area contributed by atoms with E-state index in [9.17, 15) is 9.59 Å². The summed E-state index contributed by atoms with van der Waals surface area (Å²) in [5, 5.41) is 17.3. The van der Waals surface area contributed by atoms with Gasteiger partial charge in [0.2, 0.25) is 0 Å². The normalized spacial score (nSPS) is 10.7. The van der Waals surface area contributed by atoms with Gasteiger partial charge in [-0.15, -0.1) is 0 Å². The van der Waals surface area contributed by atoms with E-state index >= 15 is 0 Å². The summed E-state index contributed by atoms with van der Waals surface area (Å²) in [6.45, 7) is 1.62. The molecule has 0 bridgehead atoms. The number of aromatic nitrogens is 2. The van der Waals surface area contributed by atoms with Gasteiger partial charge in [0.15, 0.2) is 0 Å². The SMILES string of the molecule is Cc1ccc(C(=O)O)cc1C(=O)O.c1ccc(C(c2ccccc2)(c2ccccc2)n2ccnc2)cc1. The highest BCUT2D eigenvalue weighted by atomic mass is 16.4. The van der Waals surface area contributed by atoms with Crippen molar-refractivity contribution < 1.29 is 19.8 Å². The topological polar surface area (TPSA) is 92.4 Å². The van der Waals surface area contributed by atoms with E-state index in [1.165, 1.54) is 28.8 Å². The first-order valence-corrected chi connectivity index (χ1v) is 11.7. The molecule has 1 aromatic heterocycles. The molecule has 6 nitrogen and oxygen atoms in total. The number of carbonyl (C=O) groups is 2. The first kappa shape index (κ1) is 25.1. The molecule has 0 fully saturated rings. The van der Waals surface area contributed by atoms with Crippen LogP contribution in [0.25, 0.3) is 0 Å². The van der Waals surface area contributed by atoms with E-state index < -0.39 is 17.5 Å². The molecule has 5 aromatic rings. The molecule has 5 rings (SSSR count). The third-order valence-corrected chi connectivity index (χ3v) is 6.18. The third-order valence-electron chi connectivity index (χ3n) is 6.18. The number of hydrogen-bond donors (Lipinski definition) is 2. The van der Waals surface area contributed by atoms with E-state index in [0.717, 1.165) is 6.07 Å². The van der Waals surface area contributed by atoms with Gasteiger partial charge in [0.05, 0.1) is 17.5 Å². The quantitative estimate of drug-likeness (QED) is 0.280. The predicted molar refractivity (Wildman–Crippen MR) is 142 cm³/mol. The maximum absolute atomic E-state index is 10.6. The zero-order valence-corrected chi connectivity index (χ0v) is 20.2. The van der Waals surface area contributed by atoms with Gasteiger partial charge in [-0.2, -0.15) is 0 Å². The summed E-state index contributed by atoms with van der Waals surface area (Å²) in [6.07, 6.45) is 5.77. The lowest BCUT2D eigenvalue weighted by atomic mass is 9.77. The average Bonchev–Trinajstić information content (AvgIpc) is 3.47. The van der Waals surface area contributed by atoms with Gasteiger partial charge < -0.3 is 14.8 Å². The van der Waals surface area contributed by atoms with Gasteiger partial charge in [0.1, 0.15) is 5.54 Å². The number of hydrogen-bond acceptors (Lipinski definition) is 3. The fourth-order valence-corrected chi connectivity index (χ4v) is 4.43. The highest BCUT2D eigenvalue weighted by molar-refractivity contribution is 5.94. The lowest BCUT2D eigenvalue weighted by molar-refractivity contribution is 0.0695. The van der Waals surface area contributed by atoms with Crippen LogP contribution in [-0.2, 0) is 5.54 Å². The van der Waals surface area contributed by atoms with Gasteiger partial charge in [-0.1, -0.05) is 97.1 Å². The number of carboxylic acid groups (broad SMARTS) is 2. The van der Waals surface area contributed by atoms with E-state index in [4.69, 9.17) is 10.2 Å². The number of carboxylic acids is 2. The van der Waals surface area contributed by atoms with E-state index in [0.29, 0.717) is 5.56 Å². The second-order valence-corrected chi connectivity index (χ2v) is 8.42. The third kappa shape index (κ3) is 5.18. The number of rotatable bonds is 6. The van der Waals surface area contributed by atoms with Crippen molar-refractivity contribution in [1.82, 2.24) is 9.55 Å². The van der Waals surface area contributed by atoms with Gasteiger partial charge in [0.25, 0.3) is 0 Å². The molecular formula is C31H26N2O4. The molecule has 0 aliphatic carbocycles. The van der Waals surface area contributed by atoms with Crippen LogP contribution < -0.4 is 0 Å². The Morgan fingerprint density at radius 2 is 1.19 bits per heavy atom. The molecule has 0 aliphatic heterocycles. The summed E-state index contributed by atoms with van der Waals surface area (Å²) in [4.78, 5) is 25.4. The Labute approximate surface area is 215 Å². The fraction of sp³-hybridized carbons (Fsp3) is 0.0645. The van der Waals surface area contributed by atoms with Gasteiger partial charge >= 0.3 is 11.9 Å². The van der Waals surface area contributed by atoms with E-state index in [-0.39, 0.29) is 11.1 Å². The summed E-state index contributed by atoms with van der Waals surface area (Å²) in [5.74, 6) is -2.23. The minimum atomic E-state index is -1.12.